The van der Waals surface area contributed by atoms with Crippen LogP contribution in [0.4, 0.5) is 0 Å². The Hall–Kier alpha value is -2.97. The Bertz CT molecular complexity index is 992. The molecule has 5 atom stereocenters. The van der Waals surface area contributed by atoms with Crippen molar-refractivity contribution in [3.63, 3.8) is 0 Å². The van der Waals surface area contributed by atoms with Crippen molar-refractivity contribution >= 4 is 29.0 Å². The van der Waals surface area contributed by atoms with Gasteiger partial charge in [-0.3, -0.25) is 14.4 Å². The summed E-state index contributed by atoms with van der Waals surface area (Å²) in [6, 6.07) is 13.8. The van der Waals surface area contributed by atoms with E-state index in [2.05, 4.69) is 57.8 Å². The van der Waals surface area contributed by atoms with Gasteiger partial charge in [0.15, 0.2) is 0 Å². The molecule has 0 aromatic heterocycles. The predicted octanol–water partition coefficient (Wildman–Crippen LogP) is 0.315. The quantitative estimate of drug-likeness (QED) is 0.353. The molecular weight excluding hydrogens is 418 g/mol. The first kappa shape index (κ1) is 23.2. The topological polar surface area (TPSA) is 111 Å². The van der Waals surface area contributed by atoms with Crippen molar-refractivity contribution < 1.29 is 14.4 Å². The molecule has 5 N–H and O–H groups in total. The molecule has 0 aliphatic carbocycles. The first-order valence-electron chi connectivity index (χ1n) is 11.7. The molecule has 2 heterocycles. The summed E-state index contributed by atoms with van der Waals surface area (Å²) in [5.74, 6) is -0.200. The molecule has 2 fully saturated rings. The van der Waals surface area contributed by atoms with Crippen LogP contribution in [0.5, 0.6) is 0 Å². The second-order valence-electron chi connectivity index (χ2n) is 9.22. The lowest BCUT2D eigenvalue weighted by atomic mass is 9.95. The Morgan fingerprint density at radius 2 is 1.79 bits per heavy atom. The molecule has 2 aromatic carbocycles. The van der Waals surface area contributed by atoms with Crippen LogP contribution in [0.3, 0.4) is 0 Å². The molecular formula is C25H33N5O3. The van der Waals surface area contributed by atoms with Crippen LogP contribution in [0.15, 0.2) is 42.5 Å². The minimum atomic E-state index is -0.368. The number of carbonyl (C=O) groups excluding carboxylic acids is 3. The Morgan fingerprint density at radius 1 is 1.03 bits per heavy atom. The molecule has 5 unspecified atom stereocenters. The summed E-state index contributed by atoms with van der Waals surface area (Å²) >= 11 is 0. The van der Waals surface area contributed by atoms with Crippen LogP contribution in [0, 0.1) is 11.8 Å². The average Bonchev–Trinajstić information content (AvgIpc) is 3.43. The van der Waals surface area contributed by atoms with Gasteiger partial charge in [0.25, 0.3) is 0 Å². The summed E-state index contributed by atoms with van der Waals surface area (Å²) in [4.78, 5) is 37.0. The molecule has 33 heavy (non-hydrogen) atoms. The molecule has 0 spiro atoms. The summed E-state index contributed by atoms with van der Waals surface area (Å²) in [7, 11) is 0. The van der Waals surface area contributed by atoms with Crippen molar-refractivity contribution in [2.45, 2.75) is 37.9 Å². The van der Waals surface area contributed by atoms with Gasteiger partial charge in [0.05, 0.1) is 12.0 Å². The third-order valence-electron chi connectivity index (χ3n) is 6.82. The number of hydrogen-bond donors (Lipinski definition) is 5. The van der Waals surface area contributed by atoms with Crippen molar-refractivity contribution in [1.29, 1.82) is 0 Å². The average molecular weight is 452 g/mol. The van der Waals surface area contributed by atoms with Gasteiger partial charge in [-0.1, -0.05) is 49.4 Å². The third-order valence-corrected chi connectivity index (χ3v) is 6.82. The van der Waals surface area contributed by atoms with Gasteiger partial charge < -0.3 is 26.6 Å². The van der Waals surface area contributed by atoms with Gasteiger partial charge in [-0.05, 0) is 35.2 Å². The SMILES string of the molecule is CC1CNCC1NC(=O)CC(Cc1cccc2ccccc12)NC(=O)C1CNCC1NC=O. The predicted molar refractivity (Wildman–Crippen MR) is 128 cm³/mol. The lowest BCUT2D eigenvalue weighted by molar-refractivity contribution is -0.126. The smallest absolute Gasteiger partial charge is 0.226 e. The molecule has 176 valence electrons. The standard InChI is InChI=1S/C25H33N5O3/c1-16-11-26-13-22(16)30-24(32)10-19(29-25(33)21-12-27-14-23(21)28-15-31)9-18-7-4-6-17-5-2-3-8-20(17)18/h2-8,15-16,19,21-23,26-27H,9-14H2,1H3,(H,28,31)(H,29,33)(H,30,32). The van der Waals surface area contributed by atoms with Crippen LogP contribution >= 0.6 is 0 Å². The van der Waals surface area contributed by atoms with E-state index in [-0.39, 0.29) is 42.3 Å². The first-order chi connectivity index (χ1) is 16.0. The number of rotatable bonds is 9. The van der Waals surface area contributed by atoms with E-state index in [9.17, 15) is 14.4 Å². The van der Waals surface area contributed by atoms with Gasteiger partial charge in [0, 0.05) is 38.1 Å². The van der Waals surface area contributed by atoms with E-state index < -0.39 is 0 Å². The van der Waals surface area contributed by atoms with Crippen LogP contribution in [0.2, 0.25) is 0 Å². The third kappa shape index (κ3) is 5.69. The van der Waals surface area contributed by atoms with E-state index in [1.165, 1.54) is 0 Å². The number of nitrogens with one attached hydrogen (secondary N) is 5. The van der Waals surface area contributed by atoms with Crippen molar-refractivity contribution in [2.75, 3.05) is 26.2 Å². The van der Waals surface area contributed by atoms with Gasteiger partial charge in [-0.15, -0.1) is 0 Å². The Balaban J connectivity index is 1.50. The second kappa shape index (κ2) is 10.8. The highest BCUT2D eigenvalue weighted by Gasteiger charge is 2.34. The van der Waals surface area contributed by atoms with Crippen molar-refractivity contribution in [3.05, 3.63) is 48.0 Å². The number of benzene rings is 2. The van der Waals surface area contributed by atoms with E-state index in [0.717, 1.165) is 29.4 Å². The largest absolute Gasteiger partial charge is 0.354 e. The minimum absolute atomic E-state index is 0.0619. The molecule has 2 aliphatic rings. The number of carbonyl (C=O) groups is 3. The highest BCUT2D eigenvalue weighted by molar-refractivity contribution is 5.86. The first-order valence-corrected chi connectivity index (χ1v) is 11.7. The molecule has 8 nitrogen and oxygen atoms in total. The van der Waals surface area contributed by atoms with Gasteiger partial charge >= 0.3 is 0 Å². The molecule has 0 saturated carbocycles. The van der Waals surface area contributed by atoms with E-state index >= 15 is 0 Å². The summed E-state index contributed by atoms with van der Waals surface area (Å²) in [5.41, 5.74) is 1.09. The van der Waals surface area contributed by atoms with Gasteiger partial charge in [0.2, 0.25) is 18.2 Å². The Kier molecular flexibility index (Phi) is 7.57. The molecule has 2 aliphatic heterocycles. The highest BCUT2D eigenvalue weighted by atomic mass is 16.2. The highest BCUT2D eigenvalue weighted by Crippen LogP contribution is 2.21. The second-order valence-corrected chi connectivity index (χ2v) is 9.22. The zero-order chi connectivity index (χ0) is 23.2. The molecule has 4 rings (SSSR count). The normalized spacial score (nSPS) is 25.5. The van der Waals surface area contributed by atoms with E-state index in [0.29, 0.717) is 31.8 Å². The zero-order valence-electron chi connectivity index (χ0n) is 19.0. The van der Waals surface area contributed by atoms with Crippen LogP contribution in [0.1, 0.15) is 18.9 Å². The van der Waals surface area contributed by atoms with E-state index in [1.807, 2.05) is 18.2 Å². The van der Waals surface area contributed by atoms with Gasteiger partial charge in [0.1, 0.15) is 0 Å². The van der Waals surface area contributed by atoms with Crippen LogP contribution in [0.25, 0.3) is 10.8 Å². The Morgan fingerprint density at radius 3 is 2.58 bits per heavy atom. The molecule has 8 heteroatoms. The number of fused-ring (bicyclic) bond motifs is 1. The van der Waals surface area contributed by atoms with Crippen molar-refractivity contribution in [3.8, 4) is 0 Å². The molecule has 2 aromatic rings. The summed E-state index contributed by atoms with van der Waals surface area (Å²) in [6.07, 6.45) is 1.38. The fraction of sp³-hybridized carbons (Fsp3) is 0.480. The summed E-state index contributed by atoms with van der Waals surface area (Å²) in [5, 5.41) is 17.7. The molecule has 0 bridgehead atoms. The minimum Gasteiger partial charge on any atom is -0.354 e. The molecule has 0 radical (unpaired) electrons. The lowest BCUT2D eigenvalue weighted by Crippen LogP contribution is -2.49. The molecule has 3 amide bonds. The zero-order valence-corrected chi connectivity index (χ0v) is 19.0. The van der Waals surface area contributed by atoms with Crippen molar-refractivity contribution in [2.24, 2.45) is 11.8 Å². The van der Waals surface area contributed by atoms with Crippen LogP contribution in [-0.2, 0) is 20.8 Å². The summed E-state index contributed by atoms with van der Waals surface area (Å²) < 4.78 is 0. The van der Waals surface area contributed by atoms with Crippen molar-refractivity contribution in [1.82, 2.24) is 26.6 Å². The summed E-state index contributed by atoms with van der Waals surface area (Å²) in [6.45, 7) is 4.82. The van der Waals surface area contributed by atoms with Gasteiger partial charge in [-0.2, -0.15) is 0 Å². The van der Waals surface area contributed by atoms with E-state index in [4.69, 9.17) is 0 Å². The molecule has 2 saturated heterocycles. The fourth-order valence-electron chi connectivity index (χ4n) is 4.93. The monoisotopic (exact) mass is 451 g/mol. The maximum atomic E-state index is 13.1. The fourth-order valence-corrected chi connectivity index (χ4v) is 4.93. The Labute approximate surface area is 194 Å². The number of amides is 3. The number of hydrogen-bond acceptors (Lipinski definition) is 5. The maximum absolute atomic E-state index is 13.1. The lowest BCUT2D eigenvalue weighted by Gasteiger charge is -2.24. The van der Waals surface area contributed by atoms with Gasteiger partial charge in [-0.25, -0.2) is 0 Å². The van der Waals surface area contributed by atoms with Crippen LogP contribution < -0.4 is 26.6 Å². The maximum Gasteiger partial charge on any atom is 0.226 e. The van der Waals surface area contributed by atoms with Crippen LogP contribution in [-0.4, -0.2) is 62.5 Å². The van der Waals surface area contributed by atoms with E-state index in [1.54, 1.807) is 0 Å².